The highest BCUT2D eigenvalue weighted by molar-refractivity contribution is 14.0. The second-order valence-corrected chi connectivity index (χ2v) is 8.67. The summed E-state index contributed by atoms with van der Waals surface area (Å²) < 4.78 is 24.6. The third kappa shape index (κ3) is 8.18. The zero-order valence-electron chi connectivity index (χ0n) is 16.7. The first kappa shape index (κ1) is 24.4. The molecule has 0 aromatic heterocycles. The van der Waals surface area contributed by atoms with Crippen LogP contribution in [0.25, 0.3) is 0 Å². The molecule has 0 fully saturated rings. The summed E-state index contributed by atoms with van der Waals surface area (Å²) >= 11 is 0. The van der Waals surface area contributed by atoms with Crippen molar-refractivity contribution < 1.29 is 8.42 Å². The predicted octanol–water partition coefficient (Wildman–Crippen LogP) is 3.49. The van der Waals surface area contributed by atoms with Crippen LogP contribution in [0.5, 0.6) is 0 Å². The number of hydrogen-bond donors (Lipinski definition) is 2. The van der Waals surface area contributed by atoms with Crippen molar-refractivity contribution in [2.24, 2.45) is 4.99 Å². The fourth-order valence-corrected chi connectivity index (χ4v) is 4.04. The molecule has 0 saturated carbocycles. The Hall–Kier alpha value is -1.61. The van der Waals surface area contributed by atoms with E-state index >= 15 is 0 Å². The SMILES string of the molecule is CCNC(=NCCS(=O)(=O)c1ccccc1)NCCc1cc(C)cc(C)c1.I. The maximum Gasteiger partial charge on any atom is 0.191 e. The molecule has 0 heterocycles. The summed E-state index contributed by atoms with van der Waals surface area (Å²) in [5.74, 6) is 0.634. The summed E-state index contributed by atoms with van der Waals surface area (Å²) in [5.41, 5.74) is 3.80. The van der Waals surface area contributed by atoms with Gasteiger partial charge in [-0.2, -0.15) is 0 Å². The van der Waals surface area contributed by atoms with Crippen LogP contribution in [0.2, 0.25) is 0 Å². The molecule has 0 atom stereocenters. The Morgan fingerprint density at radius 1 is 1.00 bits per heavy atom. The second-order valence-electron chi connectivity index (χ2n) is 6.57. The standard InChI is InChI=1S/C21H29N3O2S.HI/c1-4-22-21(23-11-10-19-15-17(2)14-18(3)16-19)24-12-13-27(25,26)20-8-6-5-7-9-20;/h5-9,14-16H,4,10-13H2,1-3H3,(H2,22,23,24);1H. The van der Waals surface area contributed by atoms with E-state index in [1.54, 1.807) is 30.3 Å². The van der Waals surface area contributed by atoms with Gasteiger partial charge >= 0.3 is 0 Å². The molecule has 0 radical (unpaired) electrons. The van der Waals surface area contributed by atoms with Crippen LogP contribution in [0.3, 0.4) is 0 Å². The lowest BCUT2D eigenvalue weighted by molar-refractivity contribution is 0.596. The van der Waals surface area contributed by atoms with Crippen LogP contribution < -0.4 is 10.6 Å². The number of hydrogen-bond acceptors (Lipinski definition) is 3. The molecule has 5 nitrogen and oxygen atoms in total. The first-order chi connectivity index (χ1) is 12.9. The van der Waals surface area contributed by atoms with Gasteiger partial charge in [0, 0.05) is 13.1 Å². The zero-order valence-corrected chi connectivity index (χ0v) is 19.9. The van der Waals surface area contributed by atoms with Gasteiger partial charge in [-0.15, -0.1) is 24.0 Å². The molecule has 0 saturated heterocycles. The van der Waals surface area contributed by atoms with E-state index in [2.05, 4.69) is 47.7 Å². The number of sulfone groups is 1. The van der Waals surface area contributed by atoms with Gasteiger partial charge in [0.05, 0.1) is 17.2 Å². The maximum absolute atomic E-state index is 12.3. The predicted molar refractivity (Wildman–Crippen MR) is 128 cm³/mol. The van der Waals surface area contributed by atoms with Gasteiger partial charge in [0.25, 0.3) is 0 Å². The molecule has 2 rings (SSSR count). The normalized spacial score (nSPS) is 11.6. The lowest BCUT2D eigenvalue weighted by Crippen LogP contribution is -2.38. The topological polar surface area (TPSA) is 70.6 Å². The molecule has 0 spiro atoms. The number of nitrogens with one attached hydrogen (secondary N) is 2. The fraction of sp³-hybridized carbons (Fsp3) is 0.381. The van der Waals surface area contributed by atoms with Crippen molar-refractivity contribution in [1.82, 2.24) is 10.6 Å². The van der Waals surface area contributed by atoms with Crippen molar-refractivity contribution in [3.05, 3.63) is 65.2 Å². The molecular formula is C21H30IN3O2S. The van der Waals surface area contributed by atoms with E-state index in [1.807, 2.05) is 6.92 Å². The van der Waals surface area contributed by atoms with Gasteiger partial charge in [-0.05, 0) is 44.9 Å². The quantitative estimate of drug-likeness (QED) is 0.321. The van der Waals surface area contributed by atoms with Gasteiger partial charge in [0.15, 0.2) is 15.8 Å². The highest BCUT2D eigenvalue weighted by atomic mass is 127. The van der Waals surface area contributed by atoms with Crippen molar-refractivity contribution >= 4 is 39.8 Å². The van der Waals surface area contributed by atoms with Crippen LogP contribution in [-0.4, -0.2) is 39.8 Å². The smallest absolute Gasteiger partial charge is 0.191 e. The number of nitrogens with zero attached hydrogens (tertiary/aromatic N) is 1. The molecule has 0 bridgehead atoms. The molecule has 28 heavy (non-hydrogen) atoms. The molecule has 154 valence electrons. The Bertz CT molecular complexity index is 848. The van der Waals surface area contributed by atoms with Crippen LogP contribution in [0.1, 0.15) is 23.6 Å². The van der Waals surface area contributed by atoms with E-state index in [0.717, 1.165) is 19.5 Å². The first-order valence-electron chi connectivity index (χ1n) is 9.28. The average Bonchev–Trinajstić information content (AvgIpc) is 2.61. The van der Waals surface area contributed by atoms with Gasteiger partial charge in [-0.1, -0.05) is 47.5 Å². The molecule has 2 aromatic carbocycles. The van der Waals surface area contributed by atoms with Crippen LogP contribution in [0.15, 0.2) is 58.4 Å². The lowest BCUT2D eigenvalue weighted by atomic mass is 10.1. The number of benzene rings is 2. The van der Waals surface area contributed by atoms with Crippen LogP contribution in [-0.2, 0) is 16.3 Å². The third-order valence-corrected chi connectivity index (χ3v) is 5.77. The van der Waals surface area contributed by atoms with Crippen LogP contribution in [0.4, 0.5) is 0 Å². The van der Waals surface area contributed by atoms with E-state index in [0.29, 0.717) is 10.9 Å². The van der Waals surface area contributed by atoms with Gasteiger partial charge in [0.1, 0.15) is 0 Å². The van der Waals surface area contributed by atoms with Crippen LogP contribution >= 0.6 is 24.0 Å². The summed E-state index contributed by atoms with van der Waals surface area (Å²) in [6.07, 6.45) is 0.884. The van der Waals surface area contributed by atoms with Crippen molar-refractivity contribution in [3.63, 3.8) is 0 Å². The van der Waals surface area contributed by atoms with Gasteiger partial charge in [-0.25, -0.2) is 8.42 Å². The van der Waals surface area contributed by atoms with Gasteiger partial charge in [0.2, 0.25) is 0 Å². The first-order valence-corrected chi connectivity index (χ1v) is 10.9. The van der Waals surface area contributed by atoms with Crippen LogP contribution in [0, 0.1) is 13.8 Å². The van der Waals surface area contributed by atoms with E-state index in [9.17, 15) is 8.42 Å². The van der Waals surface area contributed by atoms with E-state index in [-0.39, 0.29) is 36.3 Å². The Kier molecular flexibility index (Phi) is 10.5. The summed E-state index contributed by atoms with van der Waals surface area (Å²) in [6, 6.07) is 15.0. The minimum Gasteiger partial charge on any atom is -0.357 e. The minimum atomic E-state index is -3.31. The summed E-state index contributed by atoms with van der Waals surface area (Å²) in [4.78, 5) is 4.75. The Morgan fingerprint density at radius 3 is 2.25 bits per heavy atom. The fourth-order valence-electron chi connectivity index (χ4n) is 2.90. The highest BCUT2D eigenvalue weighted by Crippen LogP contribution is 2.10. The molecule has 0 aliphatic carbocycles. The largest absolute Gasteiger partial charge is 0.357 e. The van der Waals surface area contributed by atoms with E-state index in [1.165, 1.54) is 16.7 Å². The second kappa shape index (κ2) is 12.1. The van der Waals surface area contributed by atoms with E-state index < -0.39 is 9.84 Å². The maximum atomic E-state index is 12.3. The number of rotatable bonds is 8. The van der Waals surface area contributed by atoms with Crippen molar-refractivity contribution in [3.8, 4) is 0 Å². The van der Waals surface area contributed by atoms with Gasteiger partial charge < -0.3 is 10.6 Å². The summed E-state index contributed by atoms with van der Waals surface area (Å²) in [7, 11) is -3.31. The molecule has 2 aromatic rings. The van der Waals surface area contributed by atoms with Crippen molar-refractivity contribution in [2.45, 2.75) is 32.1 Å². The molecule has 7 heteroatoms. The van der Waals surface area contributed by atoms with E-state index in [4.69, 9.17) is 0 Å². The minimum absolute atomic E-state index is 0. The molecular weight excluding hydrogens is 485 g/mol. The molecule has 0 aliphatic heterocycles. The zero-order chi connectivity index (χ0) is 19.7. The average molecular weight is 515 g/mol. The third-order valence-electron chi connectivity index (χ3n) is 4.06. The molecule has 2 N–H and O–H groups in total. The molecule has 0 amide bonds. The molecule has 0 unspecified atom stereocenters. The Labute approximate surface area is 186 Å². The number of aliphatic imine (C=N–C) groups is 1. The number of aryl methyl sites for hydroxylation is 2. The highest BCUT2D eigenvalue weighted by Gasteiger charge is 2.13. The van der Waals surface area contributed by atoms with Crippen molar-refractivity contribution in [2.75, 3.05) is 25.4 Å². The summed E-state index contributed by atoms with van der Waals surface area (Å²) in [5, 5.41) is 6.44. The number of halogens is 1. The van der Waals surface area contributed by atoms with Gasteiger partial charge in [-0.3, -0.25) is 4.99 Å². The monoisotopic (exact) mass is 515 g/mol. The van der Waals surface area contributed by atoms with Crippen molar-refractivity contribution in [1.29, 1.82) is 0 Å². The Balaban J connectivity index is 0.00000392. The Morgan fingerprint density at radius 2 is 1.64 bits per heavy atom. The number of guanidine groups is 1. The molecule has 0 aliphatic rings. The summed E-state index contributed by atoms with van der Waals surface area (Å²) in [6.45, 7) is 7.87. The lowest BCUT2D eigenvalue weighted by Gasteiger charge is -2.12.